The van der Waals surface area contributed by atoms with Crippen molar-refractivity contribution in [3.63, 3.8) is 0 Å². The summed E-state index contributed by atoms with van der Waals surface area (Å²) in [6.07, 6.45) is 0.913. The van der Waals surface area contributed by atoms with Gasteiger partial charge in [-0.25, -0.2) is 0 Å². The first-order chi connectivity index (χ1) is 7.86. The molecule has 1 aliphatic heterocycles. The van der Waals surface area contributed by atoms with Crippen LogP contribution in [0.2, 0.25) is 0 Å². The van der Waals surface area contributed by atoms with Gasteiger partial charge in [0.15, 0.2) is 11.5 Å². The maximum atomic E-state index is 5.60. The molecule has 0 fully saturated rings. The van der Waals surface area contributed by atoms with Crippen LogP contribution in [0.25, 0.3) is 0 Å². The first-order valence-corrected chi connectivity index (χ1v) is 5.47. The molecule has 0 unspecified atom stereocenters. The lowest BCUT2D eigenvalue weighted by molar-refractivity contribution is 0.164. The molecule has 0 saturated heterocycles. The zero-order valence-corrected chi connectivity index (χ0v) is 9.71. The molecule has 0 aromatic heterocycles. The molecular weight excluding hydrogens is 206 g/mol. The SMILES string of the molecule is CNCCc1ccc2c(c1OC)OCCO2. The Labute approximate surface area is 95.5 Å². The van der Waals surface area contributed by atoms with Crippen LogP contribution < -0.4 is 19.5 Å². The highest BCUT2D eigenvalue weighted by Crippen LogP contribution is 2.41. The minimum absolute atomic E-state index is 0.582. The number of fused-ring (bicyclic) bond motifs is 1. The predicted molar refractivity (Wildman–Crippen MR) is 61.6 cm³/mol. The molecule has 0 aliphatic carbocycles. The second-order valence-corrected chi connectivity index (χ2v) is 3.64. The summed E-state index contributed by atoms with van der Waals surface area (Å²) in [5, 5.41) is 3.12. The van der Waals surface area contributed by atoms with Gasteiger partial charge in [-0.15, -0.1) is 0 Å². The third kappa shape index (κ3) is 2.07. The van der Waals surface area contributed by atoms with E-state index in [2.05, 4.69) is 5.32 Å². The number of rotatable bonds is 4. The average molecular weight is 223 g/mol. The Bertz CT molecular complexity index is 366. The molecule has 88 valence electrons. The minimum atomic E-state index is 0.582. The summed E-state index contributed by atoms with van der Waals surface area (Å²) in [5.74, 6) is 2.31. The van der Waals surface area contributed by atoms with Crippen LogP contribution in [0, 0.1) is 0 Å². The van der Waals surface area contributed by atoms with Gasteiger partial charge in [0.05, 0.1) is 7.11 Å². The highest BCUT2D eigenvalue weighted by atomic mass is 16.6. The van der Waals surface area contributed by atoms with Gasteiger partial charge in [-0.3, -0.25) is 0 Å². The summed E-state index contributed by atoms with van der Waals surface area (Å²) < 4.78 is 16.5. The van der Waals surface area contributed by atoms with Crippen LogP contribution in [0.15, 0.2) is 12.1 Å². The molecule has 1 N–H and O–H groups in total. The Morgan fingerprint density at radius 2 is 2.12 bits per heavy atom. The van der Waals surface area contributed by atoms with Gasteiger partial charge < -0.3 is 19.5 Å². The van der Waals surface area contributed by atoms with Crippen molar-refractivity contribution in [2.75, 3.05) is 33.9 Å². The van der Waals surface area contributed by atoms with E-state index in [0.717, 1.165) is 35.8 Å². The van der Waals surface area contributed by atoms with Crippen LogP contribution in [0.3, 0.4) is 0 Å². The van der Waals surface area contributed by atoms with Crippen molar-refractivity contribution in [3.05, 3.63) is 17.7 Å². The monoisotopic (exact) mass is 223 g/mol. The van der Waals surface area contributed by atoms with E-state index in [1.165, 1.54) is 0 Å². The van der Waals surface area contributed by atoms with Crippen molar-refractivity contribution in [2.24, 2.45) is 0 Å². The van der Waals surface area contributed by atoms with Crippen molar-refractivity contribution in [2.45, 2.75) is 6.42 Å². The highest BCUT2D eigenvalue weighted by molar-refractivity contribution is 5.56. The van der Waals surface area contributed by atoms with Gasteiger partial charge >= 0.3 is 0 Å². The van der Waals surface area contributed by atoms with Gasteiger partial charge in [-0.05, 0) is 31.6 Å². The van der Waals surface area contributed by atoms with E-state index >= 15 is 0 Å². The fraction of sp³-hybridized carbons (Fsp3) is 0.500. The highest BCUT2D eigenvalue weighted by Gasteiger charge is 2.19. The third-order valence-corrected chi connectivity index (χ3v) is 2.59. The number of methoxy groups -OCH3 is 1. The molecule has 1 aromatic rings. The number of ether oxygens (including phenoxy) is 3. The second-order valence-electron chi connectivity index (χ2n) is 3.64. The van der Waals surface area contributed by atoms with E-state index in [1.807, 2.05) is 19.2 Å². The molecule has 1 aliphatic rings. The van der Waals surface area contributed by atoms with Gasteiger partial charge in [0, 0.05) is 0 Å². The van der Waals surface area contributed by atoms with Gasteiger partial charge in [0.2, 0.25) is 5.75 Å². The van der Waals surface area contributed by atoms with Crippen molar-refractivity contribution in [1.82, 2.24) is 5.32 Å². The number of benzene rings is 1. The summed E-state index contributed by atoms with van der Waals surface area (Å²) in [6, 6.07) is 3.98. The van der Waals surface area contributed by atoms with Crippen LogP contribution in [-0.2, 0) is 6.42 Å². The topological polar surface area (TPSA) is 39.7 Å². The van der Waals surface area contributed by atoms with Gasteiger partial charge in [0.25, 0.3) is 0 Å². The molecule has 0 bridgehead atoms. The Morgan fingerprint density at radius 1 is 1.31 bits per heavy atom. The lowest BCUT2D eigenvalue weighted by Gasteiger charge is -2.22. The lowest BCUT2D eigenvalue weighted by atomic mass is 10.1. The first-order valence-electron chi connectivity index (χ1n) is 5.47. The molecular formula is C12H17NO3. The molecule has 0 atom stereocenters. The van der Waals surface area contributed by atoms with E-state index in [0.29, 0.717) is 13.2 Å². The molecule has 0 radical (unpaired) electrons. The normalized spacial score (nSPS) is 13.6. The first kappa shape index (κ1) is 11.1. The minimum Gasteiger partial charge on any atom is -0.492 e. The Balaban J connectivity index is 2.31. The summed E-state index contributed by atoms with van der Waals surface area (Å²) in [5.41, 5.74) is 1.14. The maximum absolute atomic E-state index is 5.60. The van der Waals surface area contributed by atoms with Crippen LogP contribution in [-0.4, -0.2) is 33.9 Å². The Kier molecular flexibility index (Phi) is 3.51. The second kappa shape index (κ2) is 5.07. The van der Waals surface area contributed by atoms with E-state index in [1.54, 1.807) is 7.11 Å². The molecule has 16 heavy (non-hydrogen) atoms. The number of likely N-dealkylation sites (N-methyl/N-ethyl adjacent to an activating group) is 1. The van der Waals surface area contributed by atoms with Crippen molar-refractivity contribution >= 4 is 0 Å². The number of nitrogens with one attached hydrogen (secondary N) is 1. The van der Waals surface area contributed by atoms with Gasteiger partial charge in [-0.1, -0.05) is 6.07 Å². The van der Waals surface area contributed by atoms with Crippen LogP contribution in [0.1, 0.15) is 5.56 Å². The van der Waals surface area contributed by atoms with Crippen LogP contribution in [0.4, 0.5) is 0 Å². The fourth-order valence-electron chi connectivity index (χ4n) is 1.81. The van der Waals surface area contributed by atoms with Crippen molar-refractivity contribution in [3.8, 4) is 17.2 Å². The fourth-order valence-corrected chi connectivity index (χ4v) is 1.81. The van der Waals surface area contributed by atoms with E-state index < -0.39 is 0 Å². The van der Waals surface area contributed by atoms with Gasteiger partial charge in [0.1, 0.15) is 13.2 Å². The average Bonchev–Trinajstić information content (AvgIpc) is 2.35. The van der Waals surface area contributed by atoms with Crippen molar-refractivity contribution in [1.29, 1.82) is 0 Å². The summed E-state index contributed by atoms with van der Waals surface area (Å²) in [6.45, 7) is 2.10. The largest absolute Gasteiger partial charge is 0.492 e. The Morgan fingerprint density at radius 3 is 2.88 bits per heavy atom. The lowest BCUT2D eigenvalue weighted by Crippen LogP contribution is -2.17. The van der Waals surface area contributed by atoms with Crippen LogP contribution >= 0.6 is 0 Å². The number of hydrogen-bond acceptors (Lipinski definition) is 4. The Hall–Kier alpha value is -1.42. The quantitative estimate of drug-likeness (QED) is 0.833. The number of hydrogen-bond donors (Lipinski definition) is 1. The summed E-state index contributed by atoms with van der Waals surface area (Å²) in [4.78, 5) is 0. The molecule has 1 aromatic carbocycles. The summed E-state index contributed by atoms with van der Waals surface area (Å²) >= 11 is 0. The standard InChI is InChI=1S/C12H17NO3/c1-13-6-5-9-3-4-10-12(11(9)14-2)16-8-7-15-10/h3-4,13H,5-8H2,1-2H3. The van der Waals surface area contributed by atoms with E-state index in [9.17, 15) is 0 Å². The molecule has 0 saturated carbocycles. The van der Waals surface area contributed by atoms with E-state index in [-0.39, 0.29) is 0 Å². The molecule has 4 nitrogen and oxygen atoms in total. The van der Waals surface area contributed by atoms with Gasteiger partial charge in [-0.2, -0.15) is 0 Å². The maximum Gasteiger partial charge on any atom is 0.203 e. The zero-order valence-electron chi connectivity index (χ0n) is 9.71. The molecule has 0 amide bonds. The smallest absolute Gasteiger partial charge is 0.203 e. The molecule has 4 heteroatoms. The summed E-state index contributed by atoms with van der Waals surface area (Å²) in [7, 11) is 3.60. The zero-order chi connectivity index (χ0) is 11.4. The van der Waals surface area contributed by atoms with E-state index in [4.69, 9.17) is 14.2 Å². The van der Waals surface area contributed by atoms with Crippen LogP contribution in [0.5, 0.6) is 17.2 Å². The predicted octanol–water partition coefficient (Wildman–Crippen LogP) is 1.23. The molecule has 0 spiro atoms. The van der Waals surface area contributed by atoms with Crippen molar-refractivity contribution < 1.29 is 14.2 Å². The molecule has 1 heterocycles. The molecule has 2 rings (SSSR count). The third-order valence-electron chi connectivity index (χ3n) is 2.59.